The molecule has 0 unspecified atom stereocenters. The Labute approximate surface area is 179 Å². The number of carbonyl (C=O) groups is 2. The van der Waals surface area contributed by atoms with Gasteiger partial charge in [0.25, 0.3) is 5.91 Å². The number of benzene rings is 2. The summed E-state index contributed by atoms with van der Waals surface area (Å²) in [5, 5.41) is 23.6. The van der Waals surface area contributed by atoms with E-state index in [0.29, 0.717) is 29.1 Å². The van der Waals surface area contributed by atoms with E-state index in [1.165, 1.54) is 0 Å². The minimum Gasteiger partial charge on any atom is -0.481 e. The van der Waals surface area contributed by atoms with Crippen LogP contribution in [-0.2, 0) is 17.3 Å². The Bertz CT molecular complexity index is 1150. The lowest BCUT2D eigenvalue weighted by Gasteiger charge is -2.18. The van der Waals surface area contributed by atoms with Crippen LogP contribution in [0, 0.1) is 6.92 Å². The third-order valence-corrected chi connectivity index (χ3v) is 6.60. The van der Waals surface area contributed by atoms with Gasteiger partial charge in [-0.05, 0) is 48.6 Å². The van der Waals surface area contributed by atoms with Crippen molar-refractivity contribution in [3.05, 3.63) is 69.9 Å². The normalized spacial score (nSPS) is 15.7. The summed E-state index contributed by atoms with van der Waals surface area (Å²) in [5.41, 5.74) is 2.91. The molecule has 0 radical (unpaired) electrons. The van der Waals surface area contributed by atoms with Gasteiger partial charge in [0.15, 0.2) is 0 Å². The number of aliphatic carboxylic acids is 1. The Balaban J connectivity index is 1.58. The highest BCUT2D eigenvalue weighted by Gasteiger charge is 2.51. The molecule has 1 fully saturated rings. The minimum absolute atomic E-state index is 0.279. The highest BCUT2D eigenvalue weighted by molar-refractivity contribution is 6.36. The van der Waals surface area contributed by atoms with Gasteiger partial charge in [0, 0.05) is 18.0 Å². The number of amides is 1. The summed E-state index contributed by atoms with van der Waals surface area (Å²) in [6.07, 6.45) is 1.26. The van der Waals surface area contributed by atoms with Crippen molar-refractivity contribution in [3.8, 4) is 0 Å². The van der Waals surface area contributed by atoms with Crippen molar-refractivity contribution in [1.29, 1.82) is 0 Å². The van der Waals surface area contributed by atoms with Crippen molar-refractivity contribution >= 4 is 34.4 Å². The Kier molecular flexibility index (Phi) is 5.08. The number of fused-ring (bicyclic) bond motifs is 1. The molecule has 3 N–H and O–H groups in total. The predicted molar refractivity (Wildman–Crippen MR) is 115 cm³/mol. The second-order valence-electron chi connectivity index (χ2n) is 7.94. The number of aliphatic hydroxyl groups is 1. The predicted octanol–water partition coefficient (Wildman–Crippen LogP) is 3.72. The van der Waals surface area contributed by atoms with Crippen molar-refractivity contribution in [2.24, 2.45) is 7.05 Å². The maximum Gasteiger partial charge on any atom is 0.314 e. The summed E-state index contributed by atoms with van der Waals surface area (Å²) in [6, 6.07) is 12.0. The molecule has 0 bridgehead atoms. The van der Waals surface area contributed by atoms with Gasteiger partial charge in [-0.2, -0.15) is 0 Å². The molecule has 1 aliphatic rings. The van der Waals surface area contributed by atoms with Gasteiger partial charge < -0.3 is 20.1 Å². The third-order valence-electron chi connectivity index (χ3n) is 6.10. The number of aryl methyl sites for hydroxylation is 2. The first-order chi connectivity index (χ1) is 14.3. The van der Waals surface area contributed by atoms with E-state index in [-0.39, 0.29) is 12.5 Å². The summed E-state index contributed by atoms with van der Waals surface area (Å²) in [4.78, 5) is 24.4. The molecule has 3 aromatic rings. The highest BCUT2D eigenvalue weighted by Crippen LogP contribution is 2.48. The van der Waals surface area contributed by atoms with Crippen LogP contribution in [0.5, 0.6) is 0 Å². The number of aliphatic hydroxyl groups excluding tert-OH is 1. The number of nitrogens with one attached hydrogen (secondary N) is 1. The number of nitrogens with zero attached hydrogens (tertiary/aromatic N) is 1. The highest BCUT2D eigenvalue weighted by atomic mass is 35.5. The quantitative estimate of drug-likeness (QED) is 0.560. The molecule has 1 atom stereocenters. The number of hydrogen-bond acceptors (Lipinski definition) is 3. The zero-order valence-electron chi connectivity index (χ0n) is 16.8. The Hall–Kier alpha value is -2.83. The number of carbonyl (C=O) groups excluding carboxylic acids is 1. The zero-order valence-corrected chi connectivity index (χ0v) is 17.5. The molecule has 1 saturated carbocycles. The van der Waals surface area contributed by atoms with Crippen LogP contribution in [0.1, 0.15) is 46.1 Å². The zero-order chi connectivity index (χ0) is 21.6. The third kappa shape index (κ3) is 3.26. The van der Waals surface area contributed by atoms with Gasteiger partial charge in [0.2, 0.25) is 0 Å². The number of halogens is 1. The molecule has 1 aliphatic carbocycles. The molecule has 0 aliphatic heterocycles. The summed E-state index contributed by atoms with van der Waals surface area (Å²) in [7, 11) is 1.80. The van der Waals surface area contributed by atoms with Crippen LogP contribution in [0.15, 0.2) is 42.5 Å². The molecule has 0 saturated heterocycles. The molecule has 2 aromatic carbocycles. The van der Waals surface area contributed by atoms with E-state index in [1.807, 2.05) is 19.1 Å². The lowest BCUT2D eigenvalue weighted by Crippen LogP contribution is -2.32. The van der Waals surface area contributed by atoms with Crippen molar-refractivity contribution < 1.29 is 19.8 Å². The largest absolute Gasteiger partial charge is 0.481 e. The van der Waals surface area contributed by atoms with Crippen LogP contribution >= 0.6 is 11.6 Å². The fourth-order valence-electron chi connectivity index (χ4n) is 3.95. The lowest BCUT2D eigenvalue weighted by molar-refractivity contribution is -0.140. The smallest absolute Gasteiger partial charge is 0.314 e. The molecule has 7 heteroatoms. The standard InChI is InChI=1S/C23H23ClN2O4/c1-13-3-8-18-16(20(13)24)11-19(26(18)2)21(28)25-17(12-27)14-4-6-15(7-5-14)23(9-10-23)22(29)30/h3-8,11,17,27H,9-10,12H2,1-2H3,(H,25,28)(H,29,30)/t17-/m1/s1. The van der Waals surface area contributed by atoms with E-state index in [4.69, 9.17) is 11.6 Å². The van der Waals surface area contributed by atoms with Gasteiger partial charge in [-0.1, -0.05) is 41.9 Å². The summed E-state index contributed by atoms with van der Waals surface area (Å²) < 4.78 is 1.78. The van der Waals surface area contributed by atoms with Crippen LogP contribution in [-0.4, -0.2) is 33.3 Å². The first-order valence-corrected chi connectivity index (χ1v) is 10.2. The fraction of sp³-hybridized carbons (Fsp3) is 0.304. The molecular weight excluding hydrogens is 404 g/mol. The molecule has 1 aromatic heterocycles. The fourth-order valence-corrected chi connectivity index (χ4v) is 4.17. The second kappa shape index (κ2) is 7.45. The van der Waals surface area contributed by atoms with Gasteiger partial charge in [-0.25, -0.2) is 0 Å². The van der Waals surface area contributed by atoms with Gasteiger partial charge in [0.1, 0.15) is 5.69 Å². The molecule has 1 heterocycles. The molecular formula is C23H23ClN2O4. The Morgan fingerprint density at radius 3 is 2.43 bits per heavy atom. The molecule has 4 rings (SSSR count). The van der Waals surface area contributed by atoms with Crippen LogP contribution in [0.4, 0.5) is 0 Å². The van der Waals surface area contributed by atoms with E-state index in [1.54, 1.807) is 41.9 Å². The van der Waals surface area contributed by atoms with Crippen LogP contribution in [0.2, 0.25) is 5.02 Å². The Morgan fingerprint density at radius 2 is 1.87 bits per heavy atom. The minimum atomic E-state index is -0.813. The van der Waals surface area contributed by atoms with E-state index < -0.39 is 17.4 Å². The van der Waals surface area contributed by atoms with Gasteiger partial charge >= 0.3 is 5.97 Å². The maximum absolute atomic E-state index is 12.9. The lowest BCUT2D eigenvalue weighted by atomic mass is 9.94. The summed E-state index contributed by atoms with van der Waals surface area (Å²) in [5.74, 6) is -1.14. The topological polar surface area (TPSA) is 91.6 Å². The molecule has 6 nitrogen and oxygen atoms in total. The van der Waals surface area contributed by atoms with Crippen molar-refractivity contribution in [1.82, 2.24) is 9.88 Å². The molecule has 156 valence electrons. The van der Waals surface area contributed by atoms with Gasteiger partial charge in [-0.15, -0.1) is 0 Å². The number of rotatable bonds is 6. The van der Waals surface area contributed by atoms with Crippen LogP contribution in [0.3, 0.4) is 0 Å². The molecule has 1 amide bonds. The van der Waals surface area contributed by atoms with E-state index in [9.17, 15) is 19.8 Å². The average Bonchev–Trinajstić information content (AvgIpc) is 3.48. The van der Waals surface area contributed by atoms with Crippen LogP contribution in [0.25, 0.3) is 10.9 Å². The van der Waals surface area contributed by atoms with Crippen molar-refractivity contribution in [2.75, 3.05) is 6.61 Å². The maximum atomic E-state index is 12.9. The van der Waals surface area contributed by atoms with Crippen molar-refractivity contribution in [3.63, 3.8) is 0 Å². The average molecular weight is 427 g/mol. The van der Waals surface area contributed by atoms with E-state index in [2.05, 4.69) is 5.32 Å². The Morgan fingerprint density at radius 1 is 1.20 bits per heavy atom. The van der Waals surface area contributed by atoms with Gasteiger partial charge in [-0.3, -0.25) is 9.59 Å². The number of hydrogen-bond donors (Lipinski definition) is 3. The monoisotopic (exact) mass is 426 g/mol. The van der Waals surface area contributed by atoms with Gasteiger partial charge in [0.05, 0.1) is 23.1 Å². The number of aromatic nitrogens is 1. The SMILES string of the molecule is Cc1ccc2c(cc(C(=O)N[C@H](CO)c3ccc(C4(C(=O)O)CC4)cc3)n2C)c1Cl. The van der Waals surface area contributed by atoms with E-state index >= 15 is 0 Å². The number of carboxylic acids is 1. The number of carboxylic acid groups (broad SMARTS) is 1. The summed E-state index contributed by atoms with van der Waals surface area (Å²) in [6.45, 7) is 1.63. The van der Waals surface area contributed by atoms with Crippen LogP contribution < -0.4 is 5.32 Å². The summed E-state index contributed by atoms with van der Waals surface area (Å²) >= 11 is 6.40. The van der Waals surface area contributed by atoms with E-state index in [0.717, 1.165) is 22.0 Å². The second-order valence-corrected chi connectivity index (χ2v) is 8.31. The van der Waals surface area contributed by atoms with Crippen molar-refractivity contribution in [2.45, 2.75) is 31.2 Å². The molecule has 0 spiro atoms. The first kappa shape index (κ1) is 20.4. The first-order valence-electron chi connectivity index (χ1n) is 9.78. The molecule has 30 heavy (non-hydrogen) atoms.